The first-order valence-corrected chi connectivity index (χ1v) is 0.678. The lowest BCUT2D eigenvalue weighted by molar-refractivity contribution is -0.134. The van der Waals surface area contributed by atoms with Crippen molar-refractivity contribution in [1.82, 2.24) is 0 Å². The smallest absolute Gasteiger partial charge is 0.300 e. The predicted octanol–water partition coefficient (Wildman–Crippen LogP) is 0.0909. The highest BCUT2D eigenvalue weighted by Crippen LogP contribution is 1.42. The molecule has 0 unspecified atom stereocenters. The number of hydrogen-bond acceptors (Lipinski definition) is 1. The molecule has 2 nitrogen and oxygen atoms in total. The van der Waals surface area contributed by atoms with Gasteiger partial charge < -0.3 is 5.11 Å². The van der Waals surface area contributed by atoms with Gasteiger partial charge in [-0.3, -0.25) is 4.79 Å². The van der Waals surface area contributed by atoms with Crippen molar-refractivity contribution in [3.05, 3.63) is 0 Å². The maximum atomic E-state index is 9.46. The van der Waals surface area contributed by atoms with Crippen LogP contribution < -0.4 is 0 Å². The summed E-state index contributed by atoms with van der Waals surface area (Å²) in [4.78, 5) is 9.46. The summed E-state index contributed by atoms with van der Waals surface area (Å²) in [5.74, 6) is -1.76. The van der Waals surface area contributed by atoms with E-state index in [0.717, 1.165) is 0 Å². The Bertz CT molecular complexity index is 83.4. The van der Waals surface area contributed by atoms with Gasteiger partial charge in [-0.25, -0.2) is 0 Å². The van der Waals surface area contributed by atoms with Crippen LogP contribution in [0.5, 0.6) is 0 Å². The Hall–Kier alpha value is -0.530. The predicted molar refractivity (Wildman–Crippen MR) is 13.3 cm³/mol. The Morgan fingerprint density at radius 3 is 2.75 bits per heavy atom. The van der Waals surface area contributed by atoms with Gasteiger partial charge in [0.2, 0.25) is 0 Å². The van der Waals surface area contributed by atoms with Crippen molar-refractivity contribution in [2.75, 3.05) is 0 Å². The fourth-order valence-electron chi connectivity index (χ4n) is 0. The number of carboxylic acid groups (broad SMARTS) is 1. The Morgan fingerprint density at radius 1 is 2.50 bits per heavy atom. The highest BCUT2D eigenvalue weighted by molar-refractivity contribution is 5.62. The molecule has 0 saturated carbocycles. The van der Waals surface area contributed by atoms with Crippen molar-refractivity contribution in [2.45, 2.75) is 6.85 Å². The van der Waals surface area contributed by atoms with E-state index < -0.39 is 12.8 Å². The van der Waals surface area contributed by atoms with E-state index in [1.54, 1.807) is 0 Å². The van der Waals surface area contributed by atoms with Crippen LogP contribution in [0, 0.1) is 0 Å². The van der Waals surface area contributed by atoms with Gasteiger partial charge in [0, 0.05) is 11.0 Å². The first kappa shape index (κ1) is 0.708. The first-order valence-electron chi connectivity index (χ1n) is 2.18. The van der Waals surface area contributed by atoms with E-state index in [-0.39, 0.29) is 0 Å². The zero-order valence-corrected chi connectivity index (χ0v) is 1.86. The largest absolute Gasteiger partial charge is 0.481 e. The van der Waals surface area contributed by atoms with E-state index in [1.165, 1.54) is 0 Å². The molecule has 0 rings (SSSR count). The third-order valence-electron chi connectivity index (χ3n) is 0. The third-order valence-corrected chi connectivity index (χ3v) is 0. The summed E-state index contributed by atoms with van der Waals surface area (Å²) in [6.45, 7) is -2.83. The molecule has 0 aromatic carbocycles. The summed E-state index contributed by atoms with van der Waals surface area (Å²) in [5.41, 5.74) is 0. The summed E-state index contributed by atoms with van der Waals surface area (Å²) in [6, 6.07) is 0. The van der Waals surface area contributed by atoms with Crippen LogP contribution in [0.25, 0.3) is 0 Å². The zero-order valence-electron chi connectivity index (χ0n) is 4.86. The number of carboxylic acids is 1. The van der Waals surface area contributed by atoms with E-state index in [1.807, 2.05) is 0 Å². The fraction of sp³-hybridized carbons (Fsp3) is 0.500. The van der Waals surface area contributed by atoms with Gasteiger partial charge in [-0.15, -0.1) is 0 Å². The minimum absolute atomic E-state index is 1.76. The fourth-order valence-corrected chi connectivity index (χ4v) is 0. The standard InChI is InChI=1S/C2H4O2/c1-2(3)4/h1H3,(H,3,4)/i1+1D3,2+1. The van der Waals surface area contributed by atoms with Gasteiger partial charge >= 0.3 is 0 Å². The molecule has 0 atom stereocenters. The maximum absolute atomic E-state index is 9.46. The van der Waals surface area contributed by atoms with Gasteiger partial charge in [-0.05, 0) is 0 Å². The van der Waals surface area contributed by atoms with Crippen molar-refractivity contribution in [3.63, 3.8) is 0 Å². The quantitative estimate of drug-likeness (QED) is 0.406. The Kier molecular flexibility index (Phi) is 0.155. The third kappa shape index (κ3) is 1.16. The van der Waals surface area contributed by atoms with Crippen LogP contribution in [0.1, 0.15) is 11.0 Å². The van der Waals surface area contributed by atoms with Crippen LogP contribution in [0.2, 0.25) is 0 Å². The molecule has 0 fully saturated rings. The Labute approximate surface area is 28.3 Å². The molecule has 0 saturated heterocycles. The molecular weight excluding hydrogens is 58.0 g/mol. The van der Waals surface area contributed by atoms with Crippen molar-refractivity contribution < 1.29 is 14.0 Å². The van der Waals surface area contributed by atoms with E-state index >= 15 is 0 Å². The molecule has 0 radical (unpaired) electrons. The van der Waals surface area contributed by atoms with Gasteiger partial charge in [0.25, 0.3) is 5.97 Å². The molecule has 0 amide bonds. The molecule has 0 heterocycles. The molecule has 0 aliphatic carbocycles. The van der Waals surface area contributed by atoms with Gasteiger partial charge in [-0.1, -0.05) is 0 Å². The maximum Gasteiger partial charge on any atom is 0.300 e. The molecule has 0 aliphatic heterocycles. The molecule has 0 spiro atoms. The normalized spacial score (nSPS) is 20.5. The molecule has 0 aromatic rings. The van der Waals surface area contributed by atoms with Crippen LogP contribution in [0.3, 0.4) is 0 Å². The minimum atomic E-state index is -2.83. The lowest BCUT2D eigenvalue weighted by Crippen LogP contribution is -1.78. The molecule has 24 valence electrons. The molecular formula is C2H4O2. The second-order valence-corrected chi connectivity index (χ2v) is 0.305. The first-order chi connectivity index (χ1) is 2.94. The molecule has 4 heavy (non-hydrogen) atoms. The highest BCUT2D eigenvalue weighted by atomic mass is 16.5. The van der Waals surface area contributed by atoms with Crippen molar-refractivity contribution >= 4 is 5.97 Å². The van der Waals surface area contributed by atoms with Crippen molar-refractivity contribution in [2.24, 2.45) is 0 Å². The molecule has 0 bridgehead atoms. The molecule has 0 aromatic heterocycles. The van der Waals surface area contributed by atoms with Gasteiger partial charge in [-0.2, -0.15) is 0 Å². The lowest BCUT2D eigenvalue weighted by atomic mass is 11.8. The van der Waals surface area contributed by atoms with Crippen LogP contribution in [0.15, 0.2) is 0 Å². The SMILES string of the molecule is [2H][13C]([2H])([2H])[13C](=O)O. The average molecular weight is 65.1 g/mol. The summed E-state index contributed by atoms with van der Waals surface area (Å²) < 4.78 is 18.4. The Morgan fingerprint density at radius 2 is 2.75 bits per heavy atom. The van der Waals surface area contributed by atoms with Crippen LogP contribution in [0.4, 0.5) is 0 Å². The van der Waals surface area contributed by atoms with Crippen LogP contribution in [-0.4, -0.2) is 11.1 Å². The van der Waals surface area contributed by atoms with Gasteiger partial charge in [0.05, 0.1) is 0 Å². The summed E-state index contributed by atoms with van der Waals surface area (Å²) in [5, 5.41) is 7.69. The van der Waals surface area contributed by atoms with Crippen molar-refractivity contribution in [1.29, 1.82) is 0 Å². The van der Waals surface area contributed by atoms with Crippen LogP contribution >= 0.6 is 0 Å². The average Bonchev–Trinajstić information content (AvgIpc) is 1.31. The zero-order chi connectivity index (χ0) is 6.08. The number of rotatable bonds is 0. The second-order valence-electron chi connectivity index (χ2n) is 0.305. The lowest BCUT2D eigenvalue weighted by Gasteiger charge is -1.59. The summed E-state index contributed by atoms with van der Waals surface area (Å²) in [6.07, 6.45) is 0. The van der Waals surface area contributed by atoms with E-state index in [2.05, 4.69) is 0 Å². The minimum Gasteiger partial charge on any atom is -0.481 e. The van der Waals surface area contributed by atoms with Gasteiger partial charge in [0.15, 0.2) is 0 Å². The molecule has 2 heteroatoms. The topological polar surface area (TPSA) is 37.3 Å². The molecule has 1 N–H and O–H groups in total. The second kappa shape index (κ2) is 0.875. The molecule has 0 aliphatic rings. The summed E-state index contributed by atoms with van der Waals surface area (Å²) >= 11 is 0. The van der Waals surface area contributed by atoms with Crippen molar-refractivity contribution in [3.8, 4) is 0 Å². The number of hydrogen-bond donors (Lipinski definition) is 1. The van der Waals surface area contributed by atoms with E-state index in [0.29, 0.717) is 0 Å². The van der Waals surface area contributed by atoms with E-state index in [4.69, 9.17) is 9.22 Å². The Balaban J connectivity index is 3.79. The van der Waals surface area contributed by atoms with E-state index in [9.17, 15) is 4.79 Å². The highest BCUT2D eigenvalue weighted by Gasteiger charge is 1.65. The number of aliphatic carboxylic acids is 1. The monoisotopic (exact) mass is 65.0 g/mol. The summed E-state index contributed by atoms with van der Waals surface area (Å²) in [7, 11) is 0. The van der Waals surface area contributed by atoms with Crippen LogP contribution in [-0.2, 0) is 4.79 Å². The van der Waals surface area contributed by atoms with Gasteiger partial charge in [0.1, 0.15) is 0 Å². The number of carbonyl (C=O) groups is 1.